The molecule has 120 valence electrons. The van der Waals surface area contributed by atoms with Crippen LogP contribution in [0.25, 0.3) is 0 Å². The van der Waals surface area contributed by atoms with Gasteiger partial charge in [0.2, 0.25) is 0 Å². The SMILES string of the molecule is CCCCc1nn(CC)c2c1N=C(c1ccccc1)CNC2=O. The van der Waals surface area contributed by atoms with E-state index in [0.717, 1.165) is 41.9 Å². The lowest BCUT2D eigenvalue weighted by molar-refractivity contribution is 0.0950. The lowest BCUT2D eigenvalue weighted by atomic mass is 10.1. The Labute approximate surface area is 136 Å². The van der Waals surface area contributed by atoms with E-state index in [2.05, 4.69) is 17.3 Å². The van der Waals surface area contributed by atoms with Gasteiger partial charge in [-0.15, -0.1) is 0 Å². The monoisotopic (exact) mass is 310 g/mol. The number of benzene rings is 1. The van der Waals surface area contributed by atoms with Gasteiger partial charge in [-0.1, -0.05) is 43.7 Å². The molecular formula is C18H22N4O. The fourth-order valence-electron chi connectivity index (χ4n) is 2.81. The Morgan fingerprint density at radius 2 is 2.00 bits per heavy atom. The molecule has 5 nitrogen and oxygen atoms in total. The van der Waals surface area contributed by atoms with Crippen molar-refractivity contribution < 1.29 is 4.79 Å². The predicted molar refractivity (Wildman–Crippen MR) is 91.5 cm³/mol. The van der Waals surface area contributed by atoms with Gasteiger partial charge in [-0.2, -0.15) is 5.10 Å². The minimum absolute atomic E-state index is 0.0909. The van der Waals surface area contributed by atoms with Crippen molar-refractivity contribution >= 4 is 17.3 Å². The third kappa shape index (κ3) is 3.04. The van der Waals surface area contributed by atoms with Crippen molar-refractivity contribution in [2.24, 2.45) is 4.99 Å². The standard InChI is InChI=1S/C18H22N4O/c1-3-5-11-14-16-17(22(4-2)21-14)18(23)19-12-15(20-16)13-9-7-6-8-10-13/h6-10H,3-5,11-12H2,1-2H3,(H,19,23). The molecule has 1 N–H and O–H groups in total. The molecule has 1 aliphatic heterocycles. The maximum Gasteiger partial charge on any atom is 0.272 e. The van der Waals surface area contributed by atoms with Crippen molar-refractivity contribution in [3.05, 3.63) is 47.3 Å². The molecule has 0 saturated carbocycles. The lowest BCUT2D eigenvalue weighted by Crippen LogP contribution is -2.29. The number of aryl methyl sites for hydroxylation is 2. The number of carbonyl (C=O) groups excluding carboxylic acids is 1. The van der Waals surface area contributed by atoms with Gasteiger partial charge in [0.1, 0.15) is 5.69 Å². The van der Waals surface area contributed by atoms with E-state index >= 15 is 0 Å². The highest BCUT2D eigenvalue weighted by Crippen LogP contribution is 2.28. The van der Waals surface area contributed by atoms with Crippen LogP contribution in [0.15, 0.2) is 35.3 Å². The zero-order valence-corrected chi connectivity index (χ0v) is 13.7. The summed E-state index contributed by atoms with van der Waals surface area (Å²) in [6, 6.07) is 9.99. The molecule has 0 aliphatic carbocycles. The van der Waals surface area contributed by atoms with E-state index in [4.69, 9.17) is 4.99 Å². The van der Waals surface area contributed by atoms with Crippen LogP contribution in [-0.2, 0) is 13.0 Å². The lowest BCUT2D eigenvalue weighted by Gasteiger charge is -2.06. The number of fused-ring (bicyclic) bond motifs is 1. The van der Waals surface area contributed by atoms with E-state index in [-0.39, 0.29) is 5.91 Å². The summed E-state index contributed by atoms with van der Waals surface area (Å²) in [6.45, 7) is 5.25. The summed E-state index contributed by atoms with van der Waals surface area (Å²) in [5.41, 5.74) is 4.17. The average Bonchev–Trinajstić information content (AvgIpc) is 2.84. The zero-order valence-electron chi connectivity index (χ0n) is 13.7. The highest BCUT2D eigenvalue weighted by atomic mass is 16.2. The third-order valence-corrected chi connectivity index (χ3v) is 4.05. The molecule has 1 amide bonds. The third-order valence-electron chi connectivity index (χ3n) is 4.05. The minimum atomic E-state index is -0.0909. The summed E-state index contributed by atoms with van der Waals surface area (Å²) >= 11 is 0. The van der Waals surface area contributed by atoms with Crippen LogP contribution in [0.4, 0.5) is 5.69 Å². The van der Waals surface area contributed by atoms with E-state index in [1.54, 1.807) is 4.68 Å². The van der Waals surface area contributed by atoms with Gasteiger partial charge in [0.15, 0.2) is 5.69 Å². The number of aliphatic imine (C=N–C) groups is 1. The van der Waals surface area contributed by atoms with Gasteiger partial charge < -0.3 is 5.32 Å². The van der Waals surface area contributed by atoms with Gasteiger partial charge in [-0.05, 0) is 25.3 Å². The van der Waals surface area contributed by atoms with Crippen molar-refractivity contribution in [2.45, 2.75) is 39.7 Å². The number of nitrogens with zero attached hydrogens (tertiary/aromatic N) is 3. The fraction of sp³-hybridized carbons (Fsp3) is 0.389. The topological polar surface area (TPSA) is 59.3 Å². The van der Waals surface area contributed by atoms with E-state index in [1.807, 2.05) is 37.3 Å². The van der Waals surface area contributed by atoms with Crippen LogP contribution >= 0.6 is 0 Å². The summed E-state index contributed by atoms with van der Waals surface area (Å²) in [5, 5.41) is 7.58. The molecule has 0 unspecified atom stereocenters. The molecule has 3 rings (SSSR count). The quantitative estimate of drug-likeness (QED) is 0.922. The van der Waals surface area contributed by atoms with Crippen LogP contribution in [0, 0.1) is 0 Å². The summed E-state index contributed by atoms with van der Waals surface area (Å²) in [5.74, 6) is -0.0909. The van der Waals surface area contributed by atoms with Crippen LogP contribution in [0.3, 0.4) is 0 Å². The highest BCUT2D eigenvalue weighted by molar-refractivity contribution is 6.10. The number of nitrogens with one attached hydrogen (secondary N) is 1. The maximum atomic E-state index is 12.5. The minimum Gasteiger partial charge on any atom is -0.345 e. The molecular weight excluding hydrogens is 288 g/mol. The average molecular weight is 310 g/mol. The summed E-state index contributed by atoms with van der Waals surface area (Å²) in [6.07, 6.45) is 2.99. The molecule has 0 radical (unpaired) electrons. The Bertz CT molecular complexity index is 731. The molecule has 0 atom stereocenters. The van der Waals surface area contributed by atoms with Crippen molar-refractivity contribution in [3.8, 4) is 0 Å². The van der Waals surface area contributed by atoms with Crippen molar-refractivity contribution in [1.29, 1.82) is 0 Å². The molecule has 2 aromatic rings. The number of rotatable bonds is 5. The number of amides is 1. The second kappa shape index (κ2) is 6.77. The molecule has 2 heterocycles. The second-order valence-corrected chi connectivity index (χ2v) is 5.67. The first kappa shape index (κ1) is 15.5. The first-order valence-electron chi connectivity index (χ1n) is 8.25. The first-order valence-corrected chi connectivity index (χ1v) is 8.25. The molecule has 0 saturated heterocycles. The Morgan fingerprint density at radius 3 is 2.70 bits per heavy atom. The van der Waals surface area contributed by atoms with E-state index in [1.165, 1.54) is 0 Å². The molecule has 1 aromatic heterocycles. The van der Waals surface area contributed by atoms with Gasteiger partial charge in [0.25, 0.3) is 5.91 Å². The first-order chi connectivity index (χ1) is 11.2. The molecule has 0 fully saturated rings. The van der Waals surface area contributed by atoms with Crippen molar-refractivity contribution in [2.75, 3.05) is 6.54 Å². The van der Waals surface area contributed by atoms with Crippen LogP contribution in [-0.4, -0.2) is 27.9 Å². The van der Waals surface area contributed by atoms with Crippen molar-refractivity contribution in [1.82, 2.24) is 15.1 Å². The molecule has 1 aromatic carbocycles. The smallest absolute Gasteiger partial charge is 0.272 e. The Hall–Kier alpha value is -2.43. The molecule has 23 heavy (non-hydrogen) atoms. The van der Waals surface area contributed by atoms with E-state index < -0.39 is 0 Å². The number of hydrogen-bond acceptors (Lipinski definition) is 3. The van der Waals surface area contributed by atoms with Crippen LogP contribution in [0.1, 0.15) is 48.4 Å². The summed E-state index contributed by atoms with van der Waals surface area (Å²) in [4.78, 5) is 17.3. The molecule has 0 spiro atoms. The molecule has 0 bridgehead atoms. The Balaban J connectivity index is 2.10. The molecule has 1 aliphatic rings. The number of aromatic nitrogens is 2. The predicted octanol–water partition coefficient (Wildman–Crippen LogP) is 3.11. The van der Waals surface area contributed by atoms with Crippen LogP contribution in [0.2, 0.25) is 0 Å². The maximum absolute atomic E-state index is 12.5. The Morgan fingerprint density at radius 1 is 1.22 bits per heavy atom. The van der Waals surface area contributed by atoms with Crippen LogP contribution in [0.5, 0.6) is 0 Å². The van der Waals surface area contributed by atoms with Gasteiger partial charge in [0.05, 0.1) is 18.0 Å². The van der Waals surface area contributed by atoms with Gasteiger partial charge in [0, 0.05) is 6.54 Å². The largest absolute Gasteiger partial charge is 0.345 e. The van der Waals surface area contributed by atoms with Crippen molar-refractivity contribution in [3.63, 3.8) is 0 Å². The fourth-order valence-corrected chi connectivity index (χ4v) is 2.81. The van der Waals surface area contributed by atoms with Gasteiger partial charge in [-0.25, -0.2) is 4.99 Å². The normalized spacial score (nSPS) is 14.0. The number of carbonyl (C=O) groups is 1. The Kier molecular flexibility index (Phi) is 4.55. The van der Waals surface area contributed by atoms with Gasteiger partial charge in [-0.3, -0.25) is 9.48 Å². The van der Waals surface area contributed by atoms with E-state index in [0.29, 0.717) is 18.8 Å². The van der Waals surface area contributed by atoms with E-state index in [9.17, 15) is 4.79 Å². The zero-order chi connectivity index (χ0) is 16.2. The number of hydrogen-bond donors (Lipinski definition) is 1. The van der Waals surface area contributed by atoms with Gasteiger partial charge >= 0.3 is 0 Å². The summed E-state index contributed by atoms with van der Waals surface area (Å²) < 4.78 is 1.77. The second-order valence-electron chi connectivity index (χ2n) is 5.67. The van der Waals surface area contributed by atoms with Crippen LogP contribution < -0.4 is 5.32 Å². The highest BCUT2D eigenvalue weighted by Gasteiger charge is 2.26. The number of unbranched alkanes of at least 4 members (excludes halogenated alkanes) is 1. The molecule has 5 heteroatoms. The summed E-state index contributed by atoms with van der Waals surface area (Å²) in [7, 11) is 0.